The van der Waals surface area contributed by atoms with Crippen LogP contribution >= 0.6 is 0 Å². The number of urea groups is 1. The summed E-state index contributed by atoms with van der Waals surface area (Å²) < 4.78 is 38.9. The Kier molecular flexibility index (Phi) is 5.12. The van der Waals surface area contributed by atoms with Gasteiger partial charge in [-0.25, -0.2) is 4.79 Å². The summed E-state index contributed by atoms with van der Waals surface area (Å²) in [7, 11) is 0. The van der Waals surface area contributed by atoms with Crippen molar-refractivity contribution in [1.29, 1.82) is 0 Å². The first-order valence-corrected chi connectivity index (χ1v) is 8.74. The van der Waals surface area contributed by atoms with Crippen LogP contribution in [0.1, 0.15) is 42.4 Å². The quantitative estimate of drug-likeness (QED) is 0.786. The molecule has 2 aliphatic heterocycles. The smallest absolute Gasteiger partial charge is 0.342 e. The molecular weight excluding hydrogens is 363 g/mol. The molecule has 2 atom stereocenters. The van der Waals surface area contributed by atoms with Gasteiger partial charge in [-0.2, -0.15) is 13.2 Å². The number of hydrogen-bond acceptors (Lipinski definition) is 3. The molecule has 1 fully saturated rings. The molecule has 4 amide bonds. The van der Waals surface area contributed by atoms with Crippen LogP contribution in [0.3, 0.4) is 0 Å². The first-order valence-electron chi connectivity index (χ1n) is 8.74. The minimum absolute atomic E-state index is 0.0786. The van der Waals surface area contributed by atoms with E-state index in [2.05, 4.69) is 10.6 Å². The van der Waals surface area contributed by atoms with Crippen LogP contribution in [-0.4, -0.2) is 41.9 Å². The van der Waals surface area contributed by atoms with Crippen molar-refractivity contribution in [3.63, 3.8) is 0 Å². The topological polar surface area (TPSA) is 78.5 Å². The third-order valence-corrected chi connectivity index (χ3v) is 5.01. The molecule has 0 aromatic heterocycles. The maximum absolute atomic E-state index is 13.0. The highest BCUT2D eigenvalue weighted by Crippen LogP contribution is 2.34. The van der Waals surface area contributed by atoms with Crippen molar-refractivity contribution in [3.8, 4) is 0 Å². The first kappa shape index (κ1) is 19.2. The Balaban J connectivity index is 1.65. The summed E-state index contributed by atoms with van der Waals surface area (Å²) in [6.45, 7) is 2.52. The SMILES string of the molecule is CC1CN(C(=O)CCC2NC(=O)NC2=O)CCc2ccc(C(F)(F)F)cc21. The fourth-order valence-corrected chi connectivity index (χ4v) is 3.55. The number of amides is 4. The second-order valence-corrected chi connectivity index (χ2v) is 6.96. The van der Waals surface area contributed by atoms with Gasteiger partial charge in [0.2, 0.25) is 5.91 Å². The molecule has 2 N–H and O–H groups in total. The lowest BCUT2D eigenvalue weighted by atomic mass is 9.93. The number of benzene rings is 1. The van der Waals surface area contributed by atoms with Gasteiger partial charge in [0.1, 0.15) is 6.04 Å². The van der Waals surface area contributed by atoms with Crippen molar-refractivity contribution in [2.75, 3.05) is 13.1 Å². The van der Waals surface area contributed by atoms with Gasteiger partial charge in [-0.3, -0.25) is 14.9 Å². The van der Waals surface area contributed by atoms with E-state index in [1.54, 1.807) is 11.8 Å². The van der Waals surface area contributed by atoms with Crippen LogP contribution in [0.2, 0.25) is 0 Å². The first-order chi connectivity index (χ1) is 12.6. The van der Waals surface area contributed by atoms with Gasteiger partial charge >= 0.3 is 12.2 Å². The summed E-state index contributed by atoms with van der Waals surface area (Å²) in [5.41, 5.74) is 0.742. The van der Waals surface area contributed by atoms with Crippen LogP contribution in [0.15, 0.2) is 18.2 Å². The summed E-state index contributed by atoms with van der Waals surface area (Å²) >= 11 is 0. The molecule has 6 nitrogen and oxygen atoms in total. The number of hydrogen-bond donors (Lipinski definition) is 2. The molecule has 2 unspecified atom stereocenters. The molecule has 27 heavy (non-hydrogen) atoms. The third-order valence-electron chi connectivity index (χ3n) is 5.01. The van der Waals surface area contributed by atoms with Crippen molar-refractivity contribution in [1.82, 2.24) is 15.5 Å². The van der Waals surface area contributed by atoms with Gasteiger partial charge in [0.15, 0.2) is 0 Å². The average Bonchev–Trinajstić information content (AvgIpc) is 2.82. The van der Waals surface area contributed by atoms with E-state index in [0.717, 1.165) is 11.6 Å². The van der Waals surface area contributed by atoms with E-state index in [-0.39, 0.29) is 24.7 Å². The summed E-state index contributed by atoms with van der Waals surface area (Å²) in [5.74, 6) is -0.869. The number of rotatable bonds is 3. The molecule has 146 valence electrons. The molecule has 2 heterocycles. The summed E-state index contributed by atoms with van der Waals surface area (Å²) in [6, 6.07) is 2.44. The van der Waals surface area contributed by atoms with E-state index in [0.29, 0.717) is 25.1 Å². The largest absolute Gasteiger partial charge is 0.416 e. The van der Waals surface area contributed by atoms with Gasteiger partial charge in [0, 0.05) is 19.5 Å². The molecule has 0 radical (unpaired) electrons. The molecule has 2 aliphatic rings. The lowest BCUT2D eigenvalue weighted by Crippen LogP contribution is -2.36. The number of alkyl halides is 3. The predicted molar refractivity (Wildman–Crippen MR) is 89.8 cm³/mol. The van der Waals surface area contributed by atoms with Crippen molar-refractivity contribution in [2.24, 2.45) is 0 Å². The molecule has 1 aromatic rings. The number of carbonyl (C=O) groups excluding carboxylic acids is 3. The monoisotopic (exact) mass is 383 g/mol. The van der Waals surface area contributed by atoms with E-state index in [4.69, 9.17) is 0 Å². The summed E-state index contributed by atoms with van der Waals surface area (Å²) in [6.07, 6.45) is -3.66. The second-order valence-electron chi connectivity index (χ2n) is 6.96. The molecule has 1 saturated heterocycles. The number of halogens is 3. The fraction of sp³-hybridized carbons (Fsp3) is 0.500. The van der Waals surface area contributed by atoms with Crippen LogP contribution < -0.4 is 10.6 Å². The van der Waals surface area contributed by atoms with E-state index in [1.807, 2.05) is 0 Å². The maximum atomic E-state index is 13.0. The van der Waals surface area contributed by atoms with Gasteiger partial charge in [-0.05, 0) is 42.0 Å². The Labute approximate surface area is 154 Å². The maximum Gasteiger partial charge on any atom is 0.416 e. The molecule has 0 spiro atoms. The number of carbonyl (C=O) groups is 3. The van der Waals surface area contributed by atoms with Crippen molar-refractivity contribution in [2.45, 2.75) is 44.3 Å². The van der Waals surface area contributed by atoms with Crippen LogP contribution in [-0.2, 0) is 22.2 Å². The average molecular weight is 383 g/mol. The summed E-state index contributed by atoms with van der Waals surface area (Å²) in [5, 5.41) is 4.55. The van der Waals surface area contributed by atoms with Gasteiger partial charge < -0.3 is 10.2 Å². The highest BCUT2D eigenvalue weighted by molar-refractivity contribution is 6.04. The highest BCUT2D eigenvalue weighted by atomic mass is 19.4. The normalized spacial score (nSPS) is 22.7. The third kappa shape index (κ3) is 4.23. The minimum Gasteiger partial charge on any atom is -0.342 e. The zero-order valence-electron chi connectivity index (χ0n) is 14.7. The van der Waals surface area contributed by atoms with Gasteiger partial charge in [-0.15, -0.1) is 0 Å². The van der Waals surface area contributed by atoms with E-state index in [1.165, 1.54) is 12.1 Å². The molecule has 1 aromatic carbocycles. The van der Waals surface area contributed by atoms with Gasteiger partial charge in [0.05, 0.1) is 5.56 Å². The fourth-order valence-electron chi connectivity index (χ4n) is 3.55. The van der Waals surface area contributed by atoms with Gasteiger partial charge in [-0.1, -0.05) is 13.0 Å². The van der Waals surface area contributed by atoms with E-state index >= 15 is 0 Å². The van der Waals surface area contributed by atoms with Crippen LogP contribution in [0.4, 0.5) is 18.0 Å². The lowest BCUT2D eigenvalue weighted by Gasteiger charge is -2.23. The van der Waals surface area contributed by atoms with Crippen molar-refractivity contribution < 1.29 is 27.6 Å². The van der Waals surface area contributed by atoms with E-state index < -0.39 is 29.7 Å². The molecule has 0 aliphatic carbocycles. The Hall–Kier alpha value is -2.58. The number of nitrogens with one attached hydrogen (secondary N) is 2. The Morgan fingerprint density at radius 1 is 1.30 bits per heavy atom. The number of fused-ring (bicyclic) bond motifs is 1. The van der Waals surface area contributed by atoms with Crippen LogP contribution in [0.5, 0.6) is 0 Å². The Morgan fingerprint density at radius 3 is 2.67 bits per heavy atom. The molecule has 0 bridgehead atoms. The molecule has 9 heteroatoms. The highest BCUT2D eigenvalue weighted by Gasteiger charge is 2.33. The minimum atomic E-state index is -4.40. The molecular formula is C18H20F3N3O3. The zero-order chi connectivity index (χ0) is 19.8. The van der Waals surface area contributed by atoms with Crippen LogP contribution in [0.25, 0.3) is 0 Å². The predicted octanol–water partition coefficient (Wildman–Crippen LogP) is 2.18. The van der Waals surface area contributed by atoms with E-state index in [9.17, 15) is 27.6 Å². The molecule has 0 saturated carbocycles. The Bertz CT molecular complexity index is 779. The second kappa shape index (κ2) is 7.21. The lowest BCUT2D eigenvalue weighted by molar-refractivity contribution is -0.137. The van der Waals surface area contributed by atoms with Gasteiger partial charge in [0.25, 0.3) is 5.91 Å². The van der Waals surface area contributed by atoms with Crippen LogP contribution in [0, 0.1) is 0 Å². The molecule has 3 rings (SSSR count). The summed E-state index contributed by atoms with van der Waals surface area (Å²) in [4.78, 5) is 36.8. The Morgan fingerprint density at radius 2 is 2.04 bits per heavy atom. The number of imide groups is 1. The van der Waals surface area contributed by atoms with Crippen molar-refractivity contribution >= 4 is 17.8 Å². The number of nitrogens with zero attached hydrogens (tertiary/aromatic N) is 1. The standard InChI is InChI=1S/C18H20F3N3O3/c1-10-9-24(15(25)5-4-14-16(26)23-17(27)22-14)7-6-11-2-3-12(8-13(10)11)18(19,20)21/h2-3,8,10,14H,4-7,9H2,1H3,(H2,22,23,26,27). The zero-order valence-corrected chi connectivity index (χ0v) is 14.7. The van der Waals surface area contributed by atoms with Crippen molar-refractivity contribution in [3.05, 3.63) is 34.9 Å².